The molecule has 3 heteroatoms. The van der Waals surface area contributed by atoms with Crippen LogP contribution >= 0.6 is 0 Å². The first-order valence-electron chi connectivity index (χ1n) is 13.9. The number of aromatic nitrogens is 1. The van der Waals surface area contributed by atoms with Crippen molar-refractivity contribution in [1.29, 1.82) is 0 Å². The van der Waals surface area contributed by atoms with E-state index < -0.39 is 0 Å². The van der Waals surface area contributed by atoms with Crippen LogP contribution in [0.4, 0.5) is 0 Å². The van der Waals surface area contributed by atoms with Crippen molar-refractivity contribution in [2.24, 2.45) is 0 Å². The van der Waals surface area contributed by atoms with Gasteiger partial charge in [-0.15, -0.1) is 0 Å². The van der Waals surface area contributed by atoms with Gasteiger partial charge < -0.3 is 13.4 Å². The smallest absolute Gasteiger partial charge is 0.161 e. The molecule has 192 valence electrons. The molecule has 0 bridgehead atoms. The van der Waals surface area contributed by atoms with Gasteiger partial charge in [-0.25, -0.2) is 0 Å². The van der Waals surface area contributed by atoms with Gasteiger partial charge in [0, 0.05) is 32.8 Å². The summed E-state index contributed by atoms with van der Waals surface area (Å²) in [6.45, 7) is 0. The average Bonchev–Trinajstić information content (AvgIpc) is 3.70. The van der Waals surface area contributed by atoms with Crippen LogP contribution in [0.3, 0.4) is 0 Å². The van der Waals surface area contributed by atoms with Crippen LogP contribution in [0.1, 0.15) is 0 Å². The zero-order valence-electron chi connectivity index (χ0n) is 22.0. The van der Waals surface area contributed by atoms with Crippen LogP contribution in [0.5, 0.6) is 0 Å². The van der Waals surface area contributed by atoms with Crippen LogP contribution in [-0.4, -0.2) is 4.57 Å². The molecular weight excluding hydrogens is 502 g/mol. The highest BCUT2D eigenvalue weighted by molar-refractivity contribution is 6.17. The summed E-state index contributed by atoms with van der Waals surface area (Å²) in [4.78, 5) is 0. The zero-order valence-corrected chi connectivity index (χ0v) is 22.0. The third-order valence-corrected chi connectivity index (χ3v) is 8.20. The molecule has 0 radical (unpaired) electrons. The number of nitrogens with zero attached hydrogens (tertiary/aromatic N) is 1. The molecular formula is C38H23NO2. The molecule has 0 saturated heterocycles. The lowest BCUT2D eigenvalue weighted by Crippen LogP contribution is -1.92. The third-order valence-electron chi connectivity index (χ3n) is 8.20. The molecule has 0 aliphatic heterocycles. The molecule has 0 atom stereocenters. The maximum atomic E-state index is 6.50. The molecule has 0 aliphatic carbocycles. The Labute approximate surface area is 235 Å². The monoisotopic (exact) mass is 525 g/mol. The van der Waals surface area contributed by atoms with E-state index in [1.54, 1.807) is 0 Å². The molecule has 41 heavy (non-hydrogen) atoms. The van der Waals surface area contributed by atoms with Crippen molar-refractivity contribution in [3.8, 4) is 27.9 Å². The molecule has 0 fully saturated rings. The van der Waals surface area contributed by atoms with Crippen LogP contribution in [0.15, 0.2) is 148 Å². The topological polar surface area (TPSA) is 31.2 Å². The van der Waals surface area contributed by atoms with E-state index in [1.807, 2.05) is 12.1 Å². The molecule has 3 nitrogen and oxygen atoms in total. The lowest BCUT2D eigenvalue weighted by Gasteiger charge is -2.09. The van der Waals surface area contributed by atoms with E-state index >= 15 is 0 Å². The van der Waals surface area contributed by atoms with Gasteiger partial charge in [-0.1, -0.05) is 91.0 Å². The minimum Gasteiger partial charge on any atom is -0.455 e. The molecule has 9 rings (SSSR count). The number of hydrogen-bond acceptors (Lipinski definition) is 2. The fourth-order valence-corrected chi connectivity index (χ4v) is 6.34. The average molecular weight is 526 g/mol. The Morgan fingerprint density at radius 1 is 0.415 bits per heavy atom. The Kier molecular flexibility index (Phi) is 4.61. The molecule has 6 aromatic carbocycles. The van der Waals surface area contributed by atoms with Crippen LogP contribution in [0.25, 0.3) is 82.9 Å². The van der Waals surface area contributed by atoms with Crippen molar-refractivity contribution < 1.29 is 8.83 Å². The van der Waals surface area contributed by atoms with Crippen molar-refractivity contribution in [3.63, 3.8) is 0 Å². The Morgan fingerprint density at radius 2 is 1.10 bits per heavy atom. The summed E-state index contributed by atoms with van der Waals surface area (Å²) in [5.41, 5.74) is 11.5. The fourth-order valence-electron chi connectivity index (χ4n) is 6.34. The number of hydrogen-bond donors (Lipinski definition) is 0. The molecule has 3 heterocycles. The first-order valence-corrected chi connectivity index (χ1v) is 13.9. The Hall–Kier alpha value is -5.54. The predicted molar refractivity (Wildman–Crippen MR) is 169 cm³/mol. The van der Waals surface area contributed by atoms with Gasteiger partial charge in [0.1, 0.15) is 22.3 Å². The normalized spacial score (nSPS) is 11.9. The molecule has 0 aliphatic rings. The molecule has 9 aromatic rings. The van der Waals surface area contributed by atoms with Gasteiger partial charge in [-0.2, -0.15) is 0 Å². The molecule has 0 N–H and O–H groups in total. The minimum absolute atomic E-state index is 0.886. The van der Waals surface area contributed by atoms with Crippen LogP contribution in [-0.2, 0) is 0 Å². The van der Waals surface area contributed by atoms with Gasteiger partial charge in [0.2, 0.25) is 0 Å². The largest absolute Gasteiger partial charge is 0.455 e. The van der Waals surface area contributed by atoms with Crippen molar-refractivity contribution in [2.75, 3.05) is 0 Å². The predicted octanol–water partition coefficient (Wildman–Crippen LogP) is 10.8. The number of para-hydroxylation sites is 4. The number of benzene rings is 6. The van der Waals surface area contributed by atoms with Gasteiger partial charge in [-0.3, -0.25) is 0 Å². The van der Waals surface area contributed by atoms with E-state index in [0.29, 0.717) is 0 Å². The fraction of sp³-hybridized carbons (Fsp3) is 0. The van der Waals surface area contributed by atoms with E-state index in [2.05, 4.69) is 132 Å². The van der Waals surface area contributed by atoms with Crippen LogP contribution in [0, 0.1) is 0 Å². The highest BCUT2D eigenvalue weighted by Gasteiger charge is 2.20. The van der Waals surface area contributed by atoms with E-state index in [1.165, 1.54) is 0 Å². The summed E-state index contributed by atoms with van der Waals surface area (Å²) in [5.74, 6) is 0. The zero-order chi connectivity index (χ0) is 26.9. The summed E-state index contributed by atoms with van der Waals surface area (Å²) in [6.07, 6.45) is 0. The Morgan fingerprint density at radius 3 is 2.02 bits per heavy atom. The lowest BCUT2D eigenvalue weighted by molar-refractivity contribution is 0.670. The molecule has 0 amide bonds. The van der Waals surface area contributed by atoms with Crippen LogP contribution in [0.2, 0.25) is 0 Å². The second-order valence-electron chi connectivity index (χ2n) is 10.5. The van der Waals surface area contributed by atoms with Crippen LogP contribution < -0.4 is 0 Å². The molecule has 0 unspecified atom stereocenters. The molecule has 0 saturated carbocycles. The summed E-state index contributed by atoms with van der Waals surface area (Å²) >= 11 is 0. The van der Waals surface area contributed by atoms with Crippen molar-refractivity contribution >= 4 is 54.9 Å². The Bertz CT molecular complexity index is 2420. The molecule has 3 aromatic heterocycles. The maximum Gasteiger partial charge on any atom is 0.161 e. The highest BCUT2D eigenvalue weighted by Crippen LogP contribution is 2.41. The second-order valence-corrected chi connectivity index (χ2v) is 10.5. The van der Waals surface area contributed by atoms with E-state index in [9.17, 15) is 0 Å². The standard InChI is InChI=1S/C38H23NO2/c1-2-12-27(13-3-1)39-33-18-6-4-15-31(33)38-36(39)32-23-25(20-21-35(32)41-38)24-10-8-11-26(22-24)28-16-9-17-30-29-14-5-7-19-34(29)40-37(28)30/h1-23H. The first kappa shape index (κ1) is 22.3. The second kappa shape index (κ2) is 8.48. The first-order chi connectivity index (χ1) is 20.3. The van der Waals surface area contributed by atoms with Crippen molar-refractivity contribution in [2.45, 2.75) is 0 Å². The van der Waals surface area contributed by atoms with Crippen molar-refractivity contribution in [1.82, 2.24) is 4.57 Å². The Balaban J connectivity index is 1.25. The number of furan rings is 2. The van der Waals surface area contributed by atoms with Gasteiger partial charge in [-0.05, 0) is 65.2 Å². The van der Waals surface area contributed by atoms with E-state index in [-0.39, 0.29) is 0 Å². The van der Waals surface area contributed by atoms with Gasteiger partial charge in [0.25, 0.3) is 0 Å². The highest BCUT2D eigenvalue weighted by atomic mass is 16.3. The number of fused-ring (bicyclic) bond motifs is 8. The third kappa shape index (κ3) is 3.26. The summed E-state index contributed by atoms with van der Waals surface area (Å²) < 4.78 is 15.2. The van der Waals surface area contributed by atoms with E-state index in [4.69, 9.17) is 8.83 Å². The van der Waals surface area contributed by atoms with E-state index in [0.717, 1.165) is 82.9 Å². The number of rotatable bonds is 3. The SMILES string of the molecule is c1ccc(-n2c3ccccc3c3oc4ccc(-c5cccc(-c6cccc7c6oc6ccccc67)c5)cc4c32)cc1. The summed E-state index contributed by atoms with van der Waals surface area (Å²) in [7, 11) is 0. The summed E-state index contributed by atoms with van der Waals surface area (Å²) in [5, 5.41) is 4.50. The van der Waals surface area contributed by atoms with Gasteiger partial charge in [0.15, 0.2) is 5.58 Å². The molecule has 0 spiro atoms. The maximum absolute atomic E-state index is 6.50. The van der Waals surface area contributed by atoms with Gasteiger partial charge in [0.05, 0.1) is 5.52 Å². The van der Waals surface area contributed by atoms with Crippen molar-refractivity contribution in [3.05, 3.63) is 140 Å². The lowest BCUT2D eigenvalue weighted by atomic mass is 9.97. The minimum atomic E-state index is 0.886. The summed E-state index contributed by atoms with van der Waals surface area (Å²) in [6, 6.07) is 48.8. The quantitative estimate of drug-likeness (QED) is 0.230. The van der Waals surface area contributed by atoms with Gasteiger partial charge >= 0.3 is 0 Å².